The number of rotatable bonds is 6. The van der Waals surface area contributed by atoms with Gasteiger partial charge in [-0.25, -0.2) is 0 Å². The third-order valence-corrected chi connectivity index (χ3v) is 5.49. The molecule has 1 aliphatic heterocycles. The quantitative estimate of drug-likeness (QED) is 0.759. The fourth-order valence-corrected chi connectivity index (χ4v) is 4.00. The van der Waals surface area contributed by atoms with Gasteiger partial charge in [0.25, 0.3) is 0 Å². The maximum absolute atomic E-state index is 12.6. The van der Waals surface area contributed by atoms with E-state index in [1.165, 1.54) is 0 Å². The number of anilines is 2. The highest BCUT2D eigenvalue weighted by atomic mass is 16.5. The van der Waals surface area contributed by atoms with E-state index in [0.717, 1.165) is 59.7 Å². The van der Waals surface area contributed by atoms with Crippen LogP contribution in [0.15, 0.2) is 36.4 Å². The van der Waals surface area contributed by atoms with Crippen LogP contribution in [0.4, 0.5) is 11.4 Å². The first-order chi connectivity index (χ1) is 14.3. The van der Waals surface area contributed by atoms with Gasteiger partial charge >= 0.3 is 0 Å². The Morgan fingerprint density at radius 2 is 1.63 bits per heavy atom. The summed E-state index contributed by atoms with van der Waals surface area (Å²) >= 11 is 0. The lowest BCUT2D eigenvalue weighted by atomic mass is 9.95. The predicted molar refractivity (Wildman–Crippen MR) is 120 cm³/mol. The Kier molecular flexibility index (Phi) is 7.11. The molecule has 0 bridgehead atoms. The number of nitrogens with one attached hydrogen (secondary N) is 2. The Morgan fingerprint density at radius 1 is 0.967 bits per heavy atom. The third kappa shape index (κ3) is 5.83. The first kappa shape index (κ1) is 21.8. The van der Waals surface area contributed by atoms with Gasteiger partial charge in [-0.05, 0) is 93.7 Å². The summed E-state index contributed by atoms with van der Waals surface area (Å²) in [6, 6.07) is 11.7. The molecule has 6 nitrogen and oxygen atoms in total. The summed E-state index contributed by atoms with van der Waals surface area (Å²) in [5.74, 6) is 0.794. The molecule has 2 N–H and O–H groups in total. The molecule has 30 heavy (non-hydrogen) atoms. The Morgan fingerprint density at radius 3 is 2.23 bits per heavy atom. The molecule has 1 saturated heterocycles. The van der Waals surface area contributed by atoms with Crippen molar-refractivity contribution < 1.29 is 14.3 Å². The van der Waals surface area contributed by atoms with Gasteiger partial charge in [0.1, 0.15) is 5.75 Å². The van der Waals surface area contributed by atoms with Gasteiger partial charge in [-0.15, -0.1) is 0 Å². The summed E-state index contributed by atoms with van der Waals surface area (Å²) in [5.41, 5.74) is 4.86. The number of piperidine rings is 1. The summed E-state index contributed by atoms with van der Waals surface area (Å²) < 4.78 is 5.26. The van der Waals surface area contributed by atoms with Crippen LogP contribution in [0.3, 0.4) is 0 Å². The summed E-state index contributed by atoms with van der Waals surface area (Å²) in [6.45, 7) is 7.81. The molecule has 0 spiro atoms. The Labute approximate surface area is 178 Å². The van der Waals surface area contributed by atoms with Gasteiger partial charge in [0.2, 0.25) is 11.8 Å². The van der Waals surface area contributed by atoms with Crippen molar-refractivity contribution in [2.75, 3.05) is 37.4 Å². The number of nitrogens with zero attached hydrogens (tertiary/aromatic N) is 1. The van der Waals surface area contributed by atoms with Crippen LogP contribution < -0.4 is 15.4 Å². The molecule has 0 aromatic heterocycles. The second-order valence-corrected chi connectivity index (χ2v) is 8.15. The largest absolute Gasteiger partial charge is 0.496 e. The van der Waals surface area contributed by atoms with Crippen LogP contribution in [0.2, 0.25) is 0 Å². The molecule has 3 rings (SSSR count). The zero-order chi connectivity index (χ0) is 21.7. The lowest BCUT2D eigenvalue weighted by Gasteiger charge is -2.30. The van der Waals surface area contributed by atoms with Crippen molar-refractivity contribution in [3.63, 3.8) is 0 Å². The van der Waals surface area contributed by atoms with E-state index in [1.807, 2.05) is 51.1 Å². The molecular formula is C24H31N3O3. The van der Waals surface area contributed by atoms with Gasteiger partial charge in [-0.3, -0.25) is 14.5 Å². The highest BCUT2D eigenvalue weighted by Crippen LogP contribution is 2.24. The number of amides is 2. The van der Waals surface area contributed by atoms with E-state index in [0.29, 0.717) is 6.54 Å². The van der Waals surface area contributed by atoms with Crippen LogP contribution in [0.1, 0.15) is 29.5 Å². The second-order valence-electron chi connectivity index (χ2n) is 8.15. The minimum atomic E-state index is -0.0360. The van der Waals surface area contributed by atoms with Gasteiger partial charge in [0.05, 0.1) is 13.7 Å². The van der Waals surface area contributed by atoms with Crippen molar-refractivity contribution in [1.82, 2.24) is 4.90 Å². The zero-order valence-electron chi connectivity index (χ0n) is 18.2. The van der Waals surface area contributed by atoms with E-state index in [1.54, 1.807) is 7.11 Å². The smallest absolute Gasteiger partial charge is 0.238 e. The molecule has 0 atom stereocenters. The number of hydrogen-bond donors (Lipinski definition) is 2. The fraction of sp³-hybridized carbons (Fsp3) is 0.417. The molecule has 160 valence electrons. The topological polar surface area (TPSA) is 70.7 Å². The van der Waals surface area contributed by atoms with E-state index in [4.69, 9.17) is 4.74 Å². The number of carbonyl (C=O) groups excluding carboxylic acids is 2. The summed E-state index contributed by atoms with van der Waals surface area (Å²) in [7, 11) is 1.64. The average Bonchev–Trinajstić information content (AvgIpc) is 2.67. The molecule has 1 aliphatic rings. The Bertz CT molecular complexity index is 898. The van der Waals surface area contributed by atoms with Crippen LogP contribution in [-0.4, -0.2) is 43.5 Å². The van der Waals surface area contributed by atoms with Crippen molar-refractivity contribution in [3.05, 3.63) is 53.1 Å². The molecule has 0 unspecified atom stereocenters. The summed E-state index contributed by atoms with van der Waals surface area (Å²) in [4.78, 5) is 27.1. The molecule has 1 fully saturated rings. The summed E-state index contributed by atoms with van der Waals surface area (Å²) in [5, 5.41) is 5.99. The monoisotopic (exact) mass is 409 g/mol. The lowest BCUT2D eigenvalue weighted by Crippen LogP contribution is -2.41. The van der Waals surface area contributed by atoms with Crippen LogP contribution >= 0.6 is 0 Å². The van der Waals surface area contributed by atoms with Crippen LogP contribution in [0, 0.1) is 26.7 Å². The number of carbonyl (C=O) groups is 2. The number of methoxy groups -OCH3 is 1. The van der Waals surface area contributed by atoms with Crippen LogP contribution in [0.25, 0.3) is 0 Å². The van der Waals surface area contributed by atoms with Gasteiger partial charge < -0.3 is 15.4 Å². The Balaban J connectivity index is 1.46. The number of aryl methyl sites for hydroxylation is 3. The maximum atomic E-state index is 12.6. The molecule has 0 radical (unpaired) electrons. The molecule has 0 aliphatic carbocycles. The van der Waals surface area contributed by atoms with Crippen molar-refractivity contribution in [2.45, 2.75) is 33.6 Å². The van der Waals surface area contributed by atoms with Crippen molar-refractivity contribution >= 4 is 23.2 Å². The van der Waals surface area contributed by atoms with Crippen molar-refractivity contribution in [2.24, 2.45) is 5.92 Å². The molecular weight excluding hydrogens is 378 g/mol. The Hall–Kier alpha value is -2.86. The van der Waals surface area contributed by atoms with Gasteiger partial charge in [0, 0.05) is 17.3 Å². The van der Waals surface area contributed by atoms with Crippen molar-refractivity contribution in [3.8, 4) is 5.75 Å². The molecule has 2 aromatic carbocycles. The fourth-order valence-electron chi connectivity index (χ4n) is 4.00. The third-order valence-electron chi connectivity index (χ3n) is 5.49. The molecule has 0 saturated carbocycles. The number of likely N-dealkylation sites (tertiary alicyclic amines) is 1. The first-order valence-corrected chi connectivity index (χ1v) is 10.4. The van der Waals surface area contributed by atoms with E-state index >= 15 is 0 Å². The van der Waals surface area contributed by atoms with E-state index in [-0.39, 0.29) is 17.7 Å². The maximum Gasteiger partial charge on any atom is 0.238 e. The van der Waals surface area contributed by atoms with Crippen molar-refractivity contribution in [1.29, 1.82) is 0 Å². The first-order valence-electron chi connectivity index (χ1n) is 10.4. The standard InChI is InChI=1S/C24H31N3O3/c1-16-11-17(2)13-21(12-16)25-23(28)15-27-9-7-19(8-10-27)24(29)26-20-5-6-22(30-4)18(3)14-20/h5-6,11-14,19H,7-10,15H2,1-4H3,(H,25,28)(H,26,29). The molecule has 2 aromatic rings. The van der Waals surface area contributed by atoms with Gasteiger partial charge in [-0.1, -0.05) is 6.07 Å². The molecule has 6 heteroatoms. The minimum Gasteiger partial charge on any atom is -0.496 e. The zero-order valence-corrected chi connectivity index (χ0v) is 18.2. The van der Waals surface area contributed by atoms with Crippen LogP contribution in [0.5, 0.6) is 5.75 Å². The minimum absolute atomic E-state index is 0.0170. The highest BCUT2D eigenvalue weighted by Gasteiger charge is 2.26. The average molecular weight is 410 g/mol. The van der Waals surface area contributed by atoms with Gasteiger partial charge in [-0.2, -0.15) is 0 Å². The molecule has 2 amide bonds. The van der Waals surface area contributed by atoms with Crippen LogP contribution in [-0.2, 0) is 9.59 Å². The van der Waals surface area contributed by atoms with E-state index < -0.39 is 0 Å². The molecule has 1 heterocycles. The lowest BCUT2D eigenvalue weighted by molar-refractivity contribution is -0.121. The predicted octanol–water partition coefficient (Wildman–Crippen LogP) is 3.91. The number of benzene rings is 2. The number of hydrogen-bond acceptors (Lipinski definition) is 4. The van der Waals surface area contributed by atoms with Gasteiger partial charge in [0.15, 0.2) is 0 Å². The van der Waals surface area contributed by atoms with E-state index in [9.17, 15) is 9.59 Å². The normalized spacial score (nSPS) is 14.9. The summed E-state index contributed by atoms with van der Waals surface area (Å²) in [6.07, 6.45) is 1.50. The second kappa shape index (κ2) is 9.76. The highest BCUT2D eigenvalue weighted by molar-refractivity contribution is 5.93. The number of ether oxygens (including phenoxy) is 1. The van der Waals surface area contributed by atoms with E-state index in [2.05, 4.69) is 21.6 Å². The SMILES string of the molecule is COc1ccc(NC(=O)C2CCN(CC(=O)Nc3cc(C)cc(C)c3)CC2)cc1C.